The van der Waals surface area contributed by atoms with Gasteiger partial charge in [-0.25, -0.2) is 0 Å². The van der Waals surface area contributed by atoms with E-state index >= 15 is 0 Å². The molecule has 0 radical (unpaired) electrons. The fourth-order valence-corrected chi connectivity index (χ4v) is 2.52. The SMILES string of the molecule is CC(C)[C@@H](C(=O)Nc1cccc(C#N)c1)c1ccc(Cl)cc1. The van der Waals surface area contributed by atoms with E-state index in [1.807, 2.05) is 26.0 Å². The van der Waals surface area contributed by atoms with Crippen molar-refractivity contribution < 1.29 is 4.79 Å². The summed E-state index contributed by atoms with van der Waals surface area (Å²) in [7, 11) is 0. The van der Waals surface area contributed by atoms with E-state index in [1.54, 1.807) is 36.4 Å². The van der Waals surface area contributed by atoms with Crippen LogP contribution in [0.15, 0.2) is 48.5 Å². The zero-order valence-corrected chi connectivity index (χ0v) is 13.3. The quantitative estimate of drug-likeness (QED) is 0.897. The lowest BCUT2D eigenvalue weighted by Crippen LogP contribution is -2.25. The Morgan fingerprint density at radius 1 is 1.18 bits per heavy atom. The van der Waals surface area contributed by atoms with E-state index < -0.39 is 0 Å². The van der Waals surface area contributed by atoms with Crippen LogP contribution in [0.5, 0.6) is 0 Å². The molecule has 112 valence electrons. The van der Waals surface area contributed by atoms with Crippen molar-refractivity contribution in [1.29, 1.82) is 5.26 Å². The number of carbonyl (C=O) groups excluding carboxylic acids is 1. The van der Waals surface area contributed by atoms with Gasteiger partial charge in [0.25, 0.3) is 0 Å². The van der Waals surface area contributed by atoms with Crippen LogP contribution in [0.4, 0.5) is 5.69 Å². The van der Waals surface area contributed by atoms with Gasteiger partial charge in [-0.05, 0) is 41.8 Å². The van der Waals surface area contributed by atoms with Gasteiger partial charge in [-0.2, -0.15) is 5.26 Å². The summed E-state index contributed by atoms with van der Waals surface area (Å²) in [5, 5.41) is 12.5. The highest BCUT2D eigenvalue weighted by atomic mass is 35.5. The highest BCUT2D eigenvalue weighted by Gasteiger charge is 2.24. The molecule has 0 unspecified atom stereocenters. The van der Waals surface area contributed by atoms with Crippen LogP contribution in [0.3, 0.4) is 0 Å². The van der Waals surface area contributed by atoms with Crippen molar-refractivity contribution >= 4 is 23.2 Å². The maximum atomic E-state index is 12.6. The molecule has 1 amide bonds. The summed E-state index contributed by atoms with van der Waals surface area (Å²) in [6, 6.07) is 16.3. The first-order valence-electron chi connectivity index (χ1n) is 7.07. The number of nitrogens with one attached hydrogen (secondary N) is 1. The number of nitriles is 1. The topological polar surface area (TPSA) is 52.9 Å². The molecule has 0 fully saturated rings. The molecule has 0 spiro atoms. The van der Waals surface area contributed by atoms with Crippen LogP contribution in [-0.4, -0.2) is 5.91 Å². The Balaban J connectivity index is 2.23. The minimum atomic E-state index is -0.275. The fraction of sp³-hybridized carbons (Fsp3) is 0.222. The zero-order valence-electron chi connectivity index (χ0n) is 12.5. The molecule has 2 rings (SSSR count). The molecule has 0 aromatic heterocycles. The number of anilines is 1. The summed E-state index contributed by atoms with van der Waals surface area (Å²) < 4.78 is 0. The maximum Gasteiger partial charge on any atom is 0.232 e. The van der Waals surface area contributed by atoms with Crippen molar-refractivity contribution in [2.75, 3.05) is 5.32 Å². The van der Waals surface area contributed by atoms with Crippen molar-refractivity contribution in [3.05, 3.63) is 64.7 Å². The molecule has 0 bridgehead atoms. The van der Waals surface area contributed by atoms with E-state index in [2.05, 4.69) is 11.4 Å². The second-order valence-corrected chi connectivity index (χ2v) is 5.89. The van der Waals surface area contributed by atoms with E-state index in [1.165, 1.54) is 0 Å². The van der Waals surface area contributed by atoms with Crippen molar-refractivity contribution in [2.24, 2.45) is 5.92 Å². The Morgan fingerprint density at radius 3 is 2.45 bits per heavy atom. The number of nitrogens with zero attached hydrogens (tertiary/aromatic N) is 1. The second kappa shape index (κ2) is 7.11. The molecule has 0 saturated carbocycles. The van der Waals surface area contributed by atoms with Crippen molar-refractivity contribution in [3.8, 4) is 6.07 Å². The summed E-state index contributed by atoms with van der Waals surface area (Å²) in [5.74, 6) is -0.226. The monoisotopic (exact) mass is 312 g/mol. The second-order valence-electron chi connectivity index (χ2n) is 5.46. The van der Waals surface area contributed by atoms with Gasteiger partial charge in [0, 0.05) is 10.7 Å². The minimum absolute atomic E-state index is 0.0904. The third kappa shape index (κ3) is 3.87. The maximum absolute atomic E-state index is 12.6. The Hall–Kier alpha value is -2.31. The van der Waals surface area contributed by atoms with Crippen LogP contribution in [0.2, 0.25) is 5.02 Å². The van der Waals surface area contributed by atoms with E-state index in [-0.39, 0.29) is 17.7 Å². The average molecular weight is 313 g/mol. The third-order valence-corrected chi connectivity index (χ3v) is 3.69. The molecule has 0 heterocycles. The number of carbonyl (C=O) groups is 1. The van der Waals surface area contributed by atoms with Crippen LogP contribution in [0.1, 0.15) is 30.9 Å². The average Bonchev–Trinajstić information content (AvgIpc) is 2.49. The van der Waals surface area contributed by atoms with Crippen LogP contribution in [0.25, 0.3) is 0 Å². The van der Waals surface area contributed by atoms with Crippen LogP contribution in [0, 0.1) is 17.2 Å². The Bertz CT molecular complexity index is 702. The minimum Gasteiger partial charge on any atom is -0.326 e. The molecule has 0 aliphatic carbocycles. The molecule has 2 aromatic carbocycles. The van der Waals surface area contributed by atoms with Gasteiger partial charge < -0.3 is 5.32 Å². The van der Waals surface area contributed by atoms with E-state index in [0.717, 1.165) is 5.56 Å². The van der Waals surface area contributed by atoms with Crippen LogP contribution >= 0.6 is 11.6 Å². The normalized spacial score (nSPS) is 11.8. The first-order valence-corrected chi connectivity index (χ1v) is 7.45. The molecule has 2 aromatic rings. The summed E-state index contributed by atoms with van der Waals surface area (Å²) in [6.45, 7) is 4.01. The molecule has 22 heavy (non-hydrogen) atoms. The number of hydrogen-bond donors (Lipinski definition) is 1. The molecule has 4 heteroatoms. The number of amides is 1. The van der Waals surface area contributed by atoms with Crippen molar-refractivity contribution in [3.63, 3.8) is 0 Å². The lowest BCUT2D eigenvalue weighted by molar-refractivity contribution is -0.118. The Morgan fingerprint density at radius 2 is 1.86 bits per heavy atom. The number of hydrogen-bond acceptors (Lipinski definition) is 2. The van der Waals surface area contributed by atoms with Crippen molar-refractivity contribution in [2.45, 2.75) is 19.8 Å². The van der Waals surface area contributed by atoms with Gasteiger partial charge >= 0.3 is 0 Å². The van der Waals surface area contributed by atoms with Gasteiger partial charge in [-0.3, -0.25) is 4.79 Å². The lowest BCUT2D eigenvalue weighted by Gasteiger charge is -2.21. The number of benzene rings is 2. The molecule has 3 nitrogen and oxygen atoms in total. The van der Waals surface area contributed by atoms with Crippen molar-refractivity contribution in [1.82, 2.24) is 0 Å². The summed E-state index contributed by atoms with van der Waals surface area (Å²) in [6.07, 6.45) is 0. The van der Waals surface area contributed by atoms with Gasteiger partial charge in [-0.1, -0.05) is 43.6 Å². The molecule has 0 saturated heterocycles. The van der Waals surface area contributed by atoms with Crippen LogP contribution in [-0.2, 0) is 4.79 Å². The van der Waals surface area contributed by atoms with E-state index in [4.69, 9.17) is 16.9 Å². The summed E-state index contributed by atoms with van der Waals surface area (Å²) in [4.78, 5) is 12.6. The number of rotatable bonds is 4. The van der Waals surface area contributed by atoms with Gasteiger partial charge in [0.1, 0.15) is 0 Å². The zero-order chi connectivity index (χ0) is 16.1. The third-order valence-electron chi connectivity index (χ3n) is 3.44. The first kappa shape index (κ1) is 16.1. The largest absolute Gasteiger partial charge is 0.326 e. The van der Waals surface area contributed by atoms with Gasteiger partial charge in [-0.15, -0.1) is 0 Å². The van der Waals surface area contributed by atoms with E-state index in [9.17, 15) is 4.79 Å². The molecule has 1 atom stereocenters. The fourth-order valence-electron chi connectivity index (χ4n) is 2.40. The number of halogens is 1. The lowest BCUT2D eigenvalue weighted by atomic mass is 9.87. The smallest absolute Gasteiger partial charge is 0.232 e. The van der Waals surface area contributed by atoms with Gasteiger partial charge in [0.2, 0.25) is 5.91 Å². The van der Waals surface area contributed by atoms with E-state index in [0.29, 0.717) is 16.3 Å². The standard InChI is InChI=1S/C18H17ClN2O/c1-12(2)17(14-6-8-15(19)9-7-14)18(22)21-16-5-3-4-13(10-16)11-20/h3-10,12,17H,1-2H3,(H,21,22)/t17-/m1/s1. The highest BCUT2D eigenvalue weighted by Crippen LogP contribution is 2.27. The summed E-state index contributed by atoms with van der Waals surface area (Å²) in [5.41, 5.74) is 2.07. The summed E-state index contributed by atoms with van der Waals surface area (Å²) >= 11 is 5.91. The van der Waals surface area contributed by atoms with Gasteiger partial charge in [0.15, 0.2) is 0 Å². The molecular formula is C18H17ClN2O. The van der Waals surface area contributed by atoms with Crippen LogP contribution < -0.4 is 5.32 Å². The highest BCUT2D eigenvalue weighted by molar-refractivity contribution is 6.30. The molecule has 0 aliphatic heterocycles. The molecule has 0 aliphatic rings. The Labute approximate surface area is 135 Å². The Kier molecular flexibility index (Phi) is 5.19. The predicted octanol–water partition coefficient (Wildman–Crippen LogP) is 4.59. The first-order chi connectivity index (χ1) is 10.5. The molecular weight excluding hydrogens is 296 g/mol. The molecule has 1 N–H and O–H groups in total. The van der Waals surface area contributed by atoms with Gasteiger partial charge in [0.05, 0.1) is 17.6 Å². The predicted molar refractivity (Wildman–Crippen MR) is 88.8 cm³/mol.